The lowest BCUT2D eigenvalue weighted by Gasteiger charge is -2.09. The van der Waals surface area contributed by atoms with Crippen LogP contribution in [0.4, 0.5) is 0 Å². The van der Waals surface area contributed by atoms with Crippen molar-refractivity contribution in [2.24, 2.45) is 0 Å². The minimum absolute atomic E-state index is 0.135. The number of esters is 1. The maximum absolute atomic E-state index is 11.8. The van der Waals surface area contributed by atoms with E-state index in [-0.39, 0.29) is 24.8 Å². The van der Waals surface area contributed by atoms with Crippen molar-refractivity contribution in [1.29, 1.82) is 0 Å². The Balaban J connectivity index is 1.86. The molecule has 27 heavy (non-hydrogen) atoms. The highest BCUT2D eigenvalue weighted by Crippen LogP contribution is 2.18. The number of thioether (sulfide) groups is 1. The number of amides is 1. The first-order valence-corrected chi connectivity index (χ1v) is 9.68. The monoisotopic (exact) mass is 392 g/mol. The zero-order valence-corrected chi connectivity index (χ0v) is 16.5. The van der Waals surface area contributed by atoms with Gasteiger partial charge in [0, 0.05) is 6.54 Å². The summed E-state index contributed by atoms with van der Waals surface area (Å²) in [6.45, 7) is 6.81. The number of carbonyl (C=O) groups excluding carboxylic acids is 2. The van der Waals surface area contributed by atoms with E-state index in [0.29, 0.717) is 24.1 Å². The number of hydrogen-bond acceptors (Lipinski definition) is 7. The molecule has 1 aromatic heterocycles. The Morgan fingerprint density at radius 2 is 1.93 bits per heavy atom. The number of ether oxygens (including phenoxy) is 2. The zero-order chi connectivity index (χ0) is 19.6. The molecule has 0 aliphatic heterocycles. The first kappa shape index (κ1) is 20.8. The summed E-state index contributed by atoms with van der Waals surface area (Å²) < 4.78 is 12.4. The third-order valence-corrected chi connectivity index (χ3v) is 4.53. The highest BCUT2D eigenvalue weighted by Gasteiger charge is 2.14. The minimum Gasteiger partial charge on any atom is -0.486 e. The van der Waals surface area contributed by atoms with Crippen LogP contribution in [-0.4, -0.2) is 45.5 Å². The fourth-order valence-corrected chi connectivity index (χ4v) is 3.05. The number of aromatic nitrogens is 3. The van der Waals surface area contributed by atoms with E-state index < -0.39 is 5.97 Å². The summed E-state index contributed by atoms with van der Waals surface area (Å²) in [5, 5.41) is 11.4. The van der Waals surface area contributed by atoms with E-state index in [9.17, 15) is 9.59 Å². The molecule has 2 rings (SSSR count). The SMILES string of the molecule is CCOC(=O)CNC(=O)CSc1nnc(COc2ccc(C)cc2)n1CC. The molecule has 0 atom stereocenters. The van der Waals surface area contributed by atoms with Crippen LogP contribution in [0, 0.1) is 6.92 Å². The fourth-order valence-electron chi connectivity index (χ4n) is 2.20. The summed E-state index contributed by atoms with van der Waals surface area (Å²) in [6.07, 6.45) is 0. The van der Waals surface area contributed by atoms with E-state index in [0.717, 1.165) is 5.75 Å². The molecular formula is C18H24N4O4S. The van der Waals surface area contributed by atoms with Gasteiger partial charge in [0.25, 0.3) is 0 Å². The molecule has 146 valence electrons. The van der Waals surface area contributed by atoms with Crippen LogP contribution < -0.4 is 10.1 Å². The van der Waals surface area contributed by atoms with Crippen LogP contribution in [-0.2, 0) is 27.5 Å². The molecule has 9 heteroatoms. The quantitative estimate of drug-likeness (QED) is 0.488. The van der Waals surface area contributed by atoms with Crippen molar-refractivity contribution in [2.45, 2.75) is 39.1 Å². The first-order valence-electron chi connectivity index (χ1n) is 8.70. The Morgan fingerprint density at radius 3 is 2.59 bits per heavy atom. The van der Waals surface area contributed by atoms with Crippen molar-refractivity contribution in [3.63, 3.8) is 0 Å². The number of aryl methyl sites for hydroxylation is 1. The standard InChI is InChI=1S/C18H24N4O4S/c1-4-22-15(11-26-14-8-6-13(3)7-9-14)20-21-18(22)27-12-16(23)19-10-17(24)25-5-2/h6-9H,4-5,10-12H2,1-3H3,(H,19,23). The van der Waals surface area contributed by atoms with Gasteiger partial charge in [-0.2, -0.15) is 0 Å². The molecule has 8 nitrogen and oxygen atoms in total. The highest BCUT2D eigenvalue weighted by atomic mass is 32.2. The second kappa shape index (κ2) is 10.6. The topological polar surface area (TPSA) is 95.3 Å². The number of nitrogens with one attached hydrogen (secondary N) is 1. The van der Waals surface area contributed by atoms with Crippen molar-refractivity contribution in [1.82, 2.24) is 20.1 Å². The second-order valence-electron chi connectivity index (χ2n) is 5.62. The molecule has 0 spiro atoms. The largest absolute Gasteiger partial charge is 0.486 e. The minimum atomic E-state index is -0.455. The van der Waals surface area contributed by atoms with Gasteiger partial charge in [-0.3, -0.25) is 9.59 Å². The fraction of sp³-hybridized carbons (Fsp3) is 0.444. The number of carbonyl (C=O) groups is 2. The van der Waals surface area contributed by atoms with Gasteiger partial charge in [-0.25, -0.2) is 0 Å². The summed E-state index contributed by atoms with van der Waals surface area (Å²) >= 11 is 1.26. The molecule has 1 aromatic carbocycles. The Bertz CT molecular complexity index is 761. The average Bonchev–Trinajstić information content (AvgIpc) is 3.06. The van der Waals surface area contributed by atoms with Crippen LogP contribution >= 0.6 is 11.8 Å². The maximum Gasteiger partial charge on any atom is 0.325 e. The molecule has 0 fully saturated rings. The van der Waals surface area contributed by atoms with E-state index in [1.807, 2.05) is 42.7 Å². The van der Waals surface area contributed by atoms with Crippen molar-refractivity contribution < 1.29 is 19.1 Å². The molecule has 1 heterocycles. The van der Waals surface area contributed by atoms with Gasteiger partial charge >= 0.3 is 5.97 Å². The van der Waals surface area contributed by atoms with Gasteiger partial charge in [0.05, 0.1) is 12.4 Å². The summed E-state index contributed by atoms with van der Waals surface area (Å²) in [5.74, 6) is 0.863. The smallest absolute Gasteiger partial charge is 0.325 e. The van der Waals surface area contributed by atoms with Crippen molar-refractivity contribution in [2.75, 3.05) is 18.9 Å². The highest BCUT2D eigenvalue weighted by molar-refractivity contribution is 7.99. The number of nitrogens with zero attached hydrogens (tertiary/aromatic N) is 3. The lowest BCUT2D eigenvalue weighted by atomic mass is 10.2. The zero-order valence-electron chi connectivity index (χ0n) is 15.7. The van der Waals surface area contributed by atoms with Crippen LogP contribution in [0.2, 0.25) is 0 Å². The number of benzene rings is 1. The van der Waals surface area contributed by atoms with Gasteiger partial charge < -0.3 is 19.4 Å². The van der Waals surface area contributed by atoms with Crippen LogP contribution in [0.15, 0.2) is 29.4 Å². The molecule has 0 saturated carbocycles. The summed E-state index contributed by atoms with van der Waals surface area (Å²) in [5.41, 5.74) is 1.17. The first-order chi connectivity index (χ1) is 13.0. The molecule has 0 aliphatic carbocycles. The normalized spacial score (nSPS) is 10.5. The predicted octanol–water partition coefficient (Wildman–Crippen LogP) is 1.96. The molecule has 0 bridgehead atoms. The molecule has 1 amide bonds. The summed E-state index contributed by atoms with van der Waals surface area (Å²) in [7, 11) is 0. The third kappa shape index (κ3) is 6.59. The van der Waals surface area contributed by atoms with E-state index >= 15 is 0 Å². The van der Waals surface area contributed by atoms with Gasteiger partial charge in [-0.05, 0) is 32.9 Å². The van der Waals surface area contributed by atoms with Gasteiger partial charge in [0.1, 0.15) is 18.9 Å². The number of hydrogen-bond donors (Lipinski definition) is 1. The van der Waals surface area contributed by atoms with Crippen molar-refractivity contribution in [3.05, 3.63) is 35.7 Å². The van der Waals surface area contributed by atoms with E-state index in [1.54, 1.807) is 6.92 Å². The van der Waals surface area contributed by atoms with Crippen molar-refractivity contribution >= 4 is 23.6 Å². The van der Waals surface area contributed by atoms with E-state index in [4.69, 9.17) is 9.47 Å². The molecule has 0 saturated heterocycles. The van der Waals surface area contributed by atoms with E-state index in [1.165, 1.54) is 17.3 Å². The van der Waals surface area contributed by atoms with Crippen LogP contribution in [0.3, 0.4) is 0 Å². The molecule has 0 aliphatic rings. The van der Waals surface area contributed by atoms with Gasteiger partial charge in [-0.1, -0.05) is 29.5 Å². The van der Waals surface area contributed by atoms with Gasteiger partial charge in [-0.15, -0.1) is 10.2 Å². The lowest BCUT2D eigenvalue weighted by Crippen LogP contribution is -2.31. The van der Waals surface area contributed by atoms with Gasteiger partial charge in [0.15, 0.2) is 11.0 Å². The average molecular weight is 392 g/mol. The molecular weight excluding hydrogens is 368 g/mol. The lowest BCUT2D eigenvalue weighted by molar-refractivity contribution is -0.143. The van der Waals surface area contributed by atoms with Crippen molar-refractivity contribution in [3.8, 4) is 5.75 Å². The number of rotatable bonds is 10. The third-order valence-electron chi connectivity index (χ3n) is 3.57. The van der Waals surface area contributed by atoms with E-state index in [2.05, 4.69) is 15.5 Å². The van der Waals surface area contributed by atoms with Crippen LogP contribution in [0.25, 0.3) is 0 Å². The van der Waals surface area contributed by atoms with Crippen LogP contribution in [0.1, 0.15) is 25.2 Å². The van der Waals surface area contributed by atoms with Crippen LogP contribution in [0.5, 0.6) is 5.75 Å². The summed E-state index contributed by atoms with van der Waals surface area (Å²) in [4.78, 5) is 23.1. The Morgan fingerprint density at radius 1 is 1.19 bits per heavy atom. The summed E-state index contributed by atoms with van der Waals surface area (Å²) in [6, 6.07) is 7.78. The molecule has 0 radical (unpaired) electrons. The maximum atomic E-state index is 11.8. The Hall–Kier alpha value is -2.55. The molecule has 0 unspecified atom stereocenters. The predicted molar refractivity (Wildman–Crippen MR) is 102 cm³/mol. The second-order valence-corrected chi connectivity index (χ2v) is 6.56. The van der Waals surface area contributed by atoms with Gasteiger partial charge in [0.2, 0.25) is 5.91 Å². The Labute approximate surface area is 162 Å². The Kier molecular flexibility index (Phi) is 8.12. The molecule has 1 N–H and O–H groups in total. The molecule has 2 aromatic rings.